The van der Waals surface area contributed by atoms with Crippen LogP contribution in [-0.4, -0.2) is 23.0 Å². The van der Waals surface area contributed by atoms with Gasteiger partial charge in [-0.2, -0.15) is 5.26 Å². The van der Waals surface area contributed by atoms with Crippen LogP contribution in [0.15, 0.2) is 53.3 Å². The molecule has 2 aromatic heterocycles. The predicted octanol–water partition coefficient (Wildman–Crippen LogP) is 4.71. The van der Waals surface area contributed by atoms with Crippen molar-refractivity contribution in [3.05, 3.63) is 71.1 Å². The van der Waals surface area contributed by atoms with E-state index in [1.54, 1.807) is 18.2 Å². The second-order valence-corrected chi connectivity index (χ2v) is 8.44. The van der Waals surface area contributed by atoms with Gasteiger partial charge in [0.2, 0.25) is 0 Å². The molecule has 8 heteroatoms. The first-order valence-electron chi connectivity index (χ1n) is 10.0. The maximum atomic E-state index is 12.8. The summed E-state index contributed by atoms with van der Waals surface area (Å²) in [6, 6.07) is 15.2. The molecule has 0 saturated heterocycles. The first-order chi connectivity index (χ1) is 15.6. The standard InChI is InChI=1S/C24H17N3O4S/c1-13(31-24(29)17-7-4-8-19-20(17)26-12-30-19)22(28)27-23-18(11-25)16-10-9-14-5-2-3-6-15(14)21(16)32-23/h2-8,12-13H,9-10H2,1H3,(H,27,28). The van der Waals surface area contributed by atoms with Crippen LogP contribution >= 0.6 is 11.3 Å². The van der Waals surface area contributed by atoms with Crippen LogP contribution in [0.1, 0.15) is 34.0 Å². The van der Waals surface area contributed by atoms with Crippen molar-refractivity contribution < 1.29 is 18.7 Å². The lowest BCUT2D eigenvalue weighted by Crippen LogP contribution is -2.30. The van der Waals surface area contributed by atoms with Crippen LogP contribution in [0.2, 0.25) is 0 Å². The molecule has 0 bridgehead atoms. The largest absolute Gasteiger partial charge is 0.449 e. The predicted molar refractivity (Wildman–Crippen MR) is 119 cm³/mol. The molecule has 32 heavy (non-hydrogen) atoms. The Kier molecular flexibility index (Phi) is 4.96. The summed E-state index contributed by atoms with van der Waals surface area (Å²) in [5.41, 5.74) is 4.80. The molecule has 2 aromatic carbocycles. The Hall–Kier alpha value is -3.96. The lowest BCUT2D eigenvalue weighted by molar-refractivity contribution is -0.123. The molecule has 2 heterocycles. The lowest BCUT2D eigenvalue weighted by Gasteiger charge is -2.15. The number of rotatable bonds is 4. The van der Waals surface area contributed by atoms with Gasteiger partial charge in [-0.3, -0.25) is 4.79 Å². The fraction of sp³-hybridized carbons (Fsp3) is 0.167. The van der Waals surface area contributed by atoms with E-state index in [0.717, 1.165) is 28.8 Å². The smallest absolute Gasteiger partial charge is 0.341 e. The number of anilines is 1. The van der Waals surface area contributed by atoms with Crippen molar-refractivity contribution in [1.29, 1.82) is 5.26 Å². The Balaban J connectivity index is 1.36. The number of hydrogen-bond acceptors (Lipinski definition) is 7. The second kappa shape index (κ2) is 7.94. The van der Waals surface area contributed by atoms with E-state index in [2.05, 4.69) is 22.4 Å². The van der Waals surface area contributed by atoms with Crippen LogP contribution in [0.3, 0.4) is 0 Å². The summed E-state index contributed by atoms with van der Waals surface area (Å²) >= 11 is 1.38. The first-order valence-corrected chi connectivity index (χ1v) is 10.9. The maximum absolute atomic E-state index is 12.8. The number of fused-ring (bicyclic) bond motifs is 4. The summed E-state index contributed by atoms with van der Waals surface area (Å²) in [6.45, 7) is 1.49. The van der Waals surface area contributed by atoms with Crippen LogP contribution in [0, 0.1) is 11.3 Å². The zero-order valence-electron chi connectivity index (χ0n) is 17.0. The number of para-hydroxylation sites is 1. The van der Waals surface area contributed by atoms with E-state index in [4.69, 9.17) is 9.15 Å². The number of nitriles is 1. The number of ether oxygens (including phenoxy) is 1. The number of amides is 1. The highest BCUT2D eigenvalue weighted by atomic mass is 32.1. The Bertz CT molecular complexity index is 1410. The van der Waals surface area contributed by atoms with Gasteiger partial charge in [0.25, 0.3) is 5.91 Å². The van der Waals surface area contributed by atoms with Gasteiger partial charge in [0, 0.05) is 4.88 Å². The minimum atomic E-state index is -1.07. The summed E-state index contributed by atoms with van der Waals surface area (Å²) in [5.74, 6) is -1.18. The number of esters is 1. The van der Waals surface area contributed by atoms with Gasteiger partial charge in [-0.15, -0.1) is 11.3 Å². The molecular formula is C24H17N3O4S. The highest BCUT2D eigenvalue weighted by molar-refractivity contribution is 7.20. The zero-order valence-corrected chi connectivity index (χ0v) is 17.9. The number of hydrogen-bond donors (Lipinski definition) is 1. The van der Waals surface area contributed by atoms with Gasteiger partial charge in [0.05, 0.1) is 11.1 Å². The monoisotopic (exact) mass is 443 g/mol. The summed E-state index contributed by atoms with van der Waals surface area (Å²) in [6.07, 6.45) is 1.78. The molecule has 1 N–H and O–H groups in total. The highest BCUT2D eigenvalue weighted by Crippen LogP contribution is 2.44. The molecule has 7 nitrogen and oxygen atoms in total. The minimum Gasteiger partial charge on any atom is -0.449 e. The van der Waals surface area contributed by atoms with Crippen molar-refractivity contribution in [2.45, 2.75) is 25.9 Å². The van der Waals surface area contributed by atoms with Gasteiger partial charge in [-0.25, -0.2) is 9.78 Å². The van der Waals surface area contributed by atoms with Crippen molar-refractivity contribution in [3.8, 4) is 16.5 Å². The minimum absolute atomic E-state index is 0.219. The van der Waals surface area contributed by atoms with Gasteiger partial charge < -0.3 is 14.5 Å². The molecule has 1 amide bonds. The number of oxazole rings is 1. The molecular weight excluding hydrogens is 426 g/mol. The Morgan fingerprint density at radius 2 is 2.06 bits per heavy atom. The summed E-state index contributed by atoms with van der Waals surface area (Å²) in [5, 5.41) is 13.0. The van der Waals surface area contributed by atoms with Crippen LogP contribution in [0.4, 0.5) is 5.00 Å². The van der Waals surface area contributed by atoms with Gasteiger partial charge in [-0.05, 0) is 48.6 Å². The third kappa shape index (κ3) is 3.33. The zero-order chi connectivity index (χ0) is 22.2. The van der Waals surface area contributed by atoms with Gasteiger partial charge in [0.15, 0.2) is 18.1 Å². The first kappa shape index (κ1) is 20.0. The molecule has 0 radical (unpaired) electrons. The Morgan fingerprint density at radius 3 is 2.91 bits per heavy atom. The topological polar surface area (TPSA) is 105 Å². The summed E-state index contributed by atoms with van der Waals surface area (Å²) in [7, 11) is 0. The van der Waals surface area contributed by atoms with Crippen LogP contribution in [0.5, 0.6) is 0 Å². The normalized spacial score (nSPS) is 13.0. The molecule has 0 fully saturated rings. The van der Waals surface area contributed by atoms with E-state index >= 15 is 0 Å². The molecule has 1 aliphatic carbocycles. The van der Waals surface area contributed by atoms with E-state index in [1.165, 1.54) is 30.2 Å². The fourth-order valence-electron chi connectivity index (χ4n) is 3.89. The van der Waals surface area contributed by atoms with Crippen molar-refractivity contribution >= 4 is 39.3 Å². The van der Waals surface area contributed by atoms with Gasteiger partial charge in [0.1, 0.15) is 16.6 Å². The van der Waals surface area contributed by atoms with Gasteiger partial charge >= 0.3 is 5.97 Å². The SMILES string of the molecule is CC(OC(=O)c1cccc2ocnc12)C(=O)Nc1sc2c(c1C#N)CCc1ccccc1-2. The molecule has 0 spiro atoms. The van der Waals surface area contributed by atoms with E-state index in [-0.39, 0.29) is 5.56 Å². The van der Waals surface area contributed by atoms with Crippen LogP contribution < -0.4 is 5.32 Å². The number of benzene rings is 2. The molecule has 5 rings (SSSR count). The molecule has 1 unspecified atom stereocenters. The van der Waals surface area contributed by atoms with E-state index in [9.17, 15) is 14.9 Å². The van der Waals surface area contributed by atoms with E-state index < -0.39 is 18.0 Å². The highest BCUT2D eigenvalue weighted by Gasteiger charge is 2.27. The van der Waals surface area contributed by atoms with Crippen molar-refractivity contribution in [2.24, 2.45) is 0 Å². The summed E-state index contributed by atoms with van der Waals surface area (Å²) in [4.78, 5) is 30.4. The fourth-order valence-corrected chi connectivity index (χ4v) is 5.15. The Morgan fingerprint density at radius 1 is 1.22 bits per heavy atom. The van der Waals surface area contributed by atoms with Gasteiger partial charge in [-0.1, -0.05) is 30.3 Å². The van der Waals surface area contributed by atoms with Crippen molar-refractivity contribution in [2.75, 3.05) is 5.32 Å². The average Bonchev–Trinajstić information content (AvgIpc) is 3.42. The van der Waals surface area contributed by atoms with E-state index in [1.807, 2.05) is 18.2 Å². The van der Waals surface area contributed by atoms with E-state index in [0.29, 0.717) is 21.7 Å². The molecule has 1 aliphatic rings. The quantitative estimate of drug-likeness (QED) is 0.458. The van der Waals surface area contributed by atoms with Crippen molar-refractivity contribution in [1.82, 2.24) is 4.98 Å². The Labute approximate surface area is 187 Å². The third-order valence-electron chi connectivity index (χ3n) is 5.50. The third-order valence-corrected chi connectivity index (χ3v) is 6.68. The summed E-state index contributed by atoms with van der Waals surface area (Å²) < 4.78 is 10.6. The van der Waals surface area contributed by atoms with Crippen LogP contribution in [0.25, 0.3) is 21.5 Å². The molecule has 4 aromatic rings. The number of thiophene rings is 1. The number of aromatic nitrogens is 1. The molecule has 158 valence electrons. The number of nitrogens with one attached hydrogen (secondary N) is 1. The maximum Gasteiger partial charge on any atom is 0.341 e. The number of nitrogens with zero attached hydrogens (tertiary/aromatic N) is 2. The van der Waals surface area contributed by atoms with Crippen LogP contribution in [-0.2, 0) is 22.4 Å². The number of carbonyl (C=O) groups excluding carboxylic acids is 2. The van der Waals surface area contributed by atoms with Crippen molar-refractivity contribution in [3.63, 3.8) is 0 Å². The number of carbonyl (C=O) groups is 2. The molecule has 1 atom stereocenters. The molecule has 0 aliphatic heterocycles. The average molecular weight is 443 g/mol. The lowest BCUT2D eigenvalue weighted by atomic mass is 9.90. The molecule has 0 saturated carbocycles. The second-order valence-electron chi connectivity index (χ2n) is 7.42. The number of aryl methyl sites for hydroxylation is 1.